The maximum atomic E-state index is 13.3. The molecule has 1 aliphatic heterocycles. The monoisotopic (exact) mass is 546 g/mol. The van der Waals surface area contributed by atoms with Crippen molar-refractivity contribution in [2.75, 3.05) is 58.3 Å². The van der Waals surface area contributed by atoms with Crippen molar-refractivity contribution in [3.05, 3.63) is 58.7 Å². The Morgan fingerprint density at radius 2 is 1.89 bits per heavy atom. The van der Waals surface area contributed by atoms with E-state index in [4.69, 9.17) is 9.47 Å². The highest BCUT2D eigenvalue weighted by Crippen LogP contribution is 2.28. The van der Waals surface area contributed by atoms with Crippen LogP contribution in [0.4, 0.5) is 5.69 Å². The van der Waals surface area contributed by atoms with Crippen LogP contribution in [-0.4, -0.2) is 83.9 Å². The number of hydrogen-bond acceptors (Lipinski definition) is 7. The molecule has 1 saturated heterocycles. The molecule has 1 amide bonds. The quantitative estimate of drug-likeness (QED) is 0.292. The van der Waals surface area contributed by atoms with Crippen LogP contribution in [0.25, 0.3) is 0 Å². The smallest absolute Gasteiger partial charge is 0.264 e. The van der Waals surface area contributed by atoms with Crippen molar-refractivity contribution >= 4 is 27.8 Å². The van der Waals surface area contributed by atoms with E-state index in [1.807, 2.05) is 11.8 Å². The third kappa shape index (κ3) is 8.02. The molecule has 0 bridgehead atoms. The summed E-state index contributed by atoms with van der Waals surface area (Å²) in [5.74, 6) is 0.626. The Bertz CT molecular complexity index is 1170. The molecule has 0 radical (unpaired) electrons. The number of allylic oxidation sites excluding steroid dienone is 3. The number of piperazine rings is 1. The molecule has 210 valence electrons. The summed E-state index contributed by atoms with van der Waals surface area (Å²) in [6.07, 6.45) is 5.63. The highest BCUT2D eigenvalue weighted by atomic mass is 32.2. The van der Waals surface area contributed by atoms with Crippen LogP contribution < -0.4 is 9.46 Å². The molecular formula is C28H42N4O5S. The van der Waals surface area contributed by atoms with Gasteiger partial charge in [0.25, 0.3) is 15.9 Å². The number of methoxy groups -OCH3 is 2. The Labute approximate surface area is 227 Å². The fourth-order valence-corrected chi connectivity index (χ4v) is 5.54. The Kier molecular flexibility index (Phi) is 12.2. The molecule has 2 rings (SSSR count). The summed E-state index contributed by atoms with van der Waals surface area (Å²) in [6, 6.07) is 4.67. The number of carbonyl (C=O) groups excluding carboxylic acids is 1. The fraction of sp³-hybridized carbons (Fsp3) is 0.500. The zero-order valence-electron chi connectivity index (χ0n) is 23.5. The van der Waals surface area contributed by atoms with Crippen LogP contribution in [0.2, 0.25) is 0 Å². The number of carbonyl (C=O) groups is 1. The Hall–Kier alpha value is -2.95. The van der Waals surface area contributed by atoms with Gasteiger partial charge in [-0.3, -0.25) is 19.4 Å². The van der Waals surface area contributed by atoms with Crippen molar-refractivity contribution in [2.45, 2.75) is 34.1 Å². The molecular weight excluding hydrogens is 504 g/mol. The first-order valence-corrected chi connectivity index (χ1v) is 14.3. The zero-order valence-corrected chi connectivity index (χ0v) is 24.3. The van der Waals surface area contributed by atoms with Crippen LogP contribution in [0.5, 0.6) is 5.75 Å². The van der Waals surface area contributed by atoms with E-state index in [2.05, 4.69) is 28.1 Å². The van der Waals surface area contributed by atoms with E-state index in [1.165, 1.54) is 25.5 Å². The number of hydrogen-bond donors (Lipinski definition) is 1. The standard InChI is InChI=1S/C28H42N4O5S/c1-8-21(5)27(29-11-4)26(10-3)38(34,35)30-23-12-13-24(25(18-23)37-7)28(33)32-16-14-31(15-17-32)19-22(9-2)20-36-6/h8,10-13,18,22,30H,3,9,14-17,19-20H2,1-2,4-7H3/b21-8-,27-26-,29-11-. The minimum atomic E-state index is -4.01. The molecule has 1 aromatic rings. The molecule has 0 saturated carbocycles. The van der Waals surface area contributed by atoms with Gasteiger partial charge in [-0.15, -0.1) is 0 Å². The summed E-state index contributed by atoms with van der Waals surface area (Å²) >= 11 is 0. The molecule has 1 N–H and O–H groups in total. The van der Waals surface area contributed by atoms with Crippen LogP contribution in [0, 0.1) is 5.92 Å². The average Bonchev–Trinajstić information content (AvgIpc) is 2.91. The maximum Gasteiger partial charge on any atom is 0.264 e. The van der Waals surface area contributed by atoms with Gasteiger partial charge in [0.1, 0.15) is 10.7 Å². The van der Waals surface area contributed by atoms with Crippen molar-refractivity contribution in [3.8, 4) is 5.75 Å². The highest BCUT2D eigenvalue weighted by Gasteiger charge is 2.26. The van der Waals surface area contributed by atoms with Gasteiger partial charge in [-0.1, -0.05) is 19.6 Å². The number of amides is 1. The molecule has 10 heteroatoms. The molecule has 0 aromatic heterocycles. The first-order valence-electron chi connectivity index (χ1n) is 12.9. The van der Waals surface area contributed by atoms with Crippen LogP contribution in [0.15, 0.2) is 58.1 Å². The second-order valence-corrected chi connectivity index (χ2v) is 10.8. The minimum absolute atomic E-state index is 0.0426. The highest BCUT2D eigenvalue weighted by molar-refractivity contribution is 7.96. The van der Waals surface area contributed by atoms with E-state index in [0.29, 0.717) is 41.6 Å². The van der Waals surface area contributed by atoms with Crippen LogP contribution >= 0.6 is 0 Å². The number of sulfonamides is 1. The zero-order chi connectivity index (χ0) is 28.3. The van der Waals surface area contributed by atoms with Gasteiger partial charge in [0.15, 0.2) is 0 Å². The van der Waals surface area contributed by atoms with Gasteiger partial charge in [0, 0.05) is 52.1 Å². The number of anilines is 1. The molecule has 1 aliphatic rings. The Morgan fingerprint density at radius 3 is 2.42 bits per heavy atom. The number of nitrogens with one attached hydrogen (secondary N) is 1. The molecule has 0 spiro atoms. The summed E-state index contributed by atoms with van der Waals surface area (Å²) in [7, 11) is -0.829. The summed E-state index contributed by atoms with van der Waals surface area (Å²) in [6.45, 7) is 15.6. The van der Waals surface area contributed by atoms with Gasteiger partial charge in [0.2, 0.25) is 0 Å². The Balaban J connectivity index is 2.21. The van der Waals surface area contributed by atoms with Gasteiger partial charge >= 0.3 is 0 Å². The normalized spacial score (nSPS) is 16.8. The second-order valence-electron chi connectivity index (χ2n) is 9.12. The van der Waals surface area contributed by atoms with Gasteiger partial charge in [-0.25, -0.2) is 8.42 Å². The summed E-state index contributed by atoms with van der Waals surface area (Å²) in [5, 5.41) is 0. The summed E-state index contributed by atoms with van der Waals surface area (Å²) in [4.78, 5) is 21.7. The number of nitrogens with zero attached hydrogens (tertiary/aromatic N) is 3. The molecule has 1 aromatic carbocycles. The predicted molar refractivity (Wildman–Crippen MR) is 154 cm³/mol. The first kappa shape index (κ1) is 31.3. The summed E-state index contributed by atoms with van der Waals surface area (Å²) in [5.41, 5.74) is 1.66. The third-order valence-corrected chi connectivity index (χ3v) is 8.06. The molecule has 1 fully saturated rings. The lowest BCUT2D eigenvalue weighted by Crippen LogP contribution is -2.50. The van der Waals surface area contributed by atoms with Crippen molar-refractivity contribution in [2.24, 2.45) is 10.9 Å². The average molecular weight is 547 g/mol. The van der Waals surface area contributed by atoms with E-state index < -0.39 is 10.0 Å². The number of rotatable bonds is 13. The van der Waals surface area contributed by atoms with Crippen LogP contribution in [-0.2, 0) is 14.8 Å². The van der Waals surface area contributed by atoms with E-state index >= 15 is 0 Å². The molecule has 9 nitrogen and oxygen atoms in total. The van der Waals surface area contributed by atoms with Gasteiger partial charge in [-0.2, -0.15) is 0 Å². The van der Waals surface area contributed by atoms with Gasteiger partial charge in [-0.05, 0) is 56.9 Å². The molecule has 1 heterocycles. The molecule has 1 atom stereocenters. The topological polar surface area (TPSA) is 101 Å². The number of benzene rings is 1. The first-order chi connectivity index (χ1) is 18.1. The Morgan fingerprint density at radius 1 is 1.21 bits per heavy atom. The van der Waals surface area contributed by atoms with Crippen LogP contribution in [0.1, 0.15) is 44.5 Å². The molecule has 0 aliphatic carbocycles. The second kappa shape index (κ2) is 14.8. The van der Waals surface area contributed by atoms with Crippen molar-refractivity contribution in [1.82, 2.24) is 9.80 Å². The van der Waals surface area contributed by atoms with E-state index in [0.717, 1.165) is 32.7 Å². The summed E-state index contributed by atoms with van der Waals surface area (Å²) < 4.78 is 39.8. The maximum absolute atomic E-state index is 13.3. The molecule has 38 heavy (non-hydrogen) atoms. The van der Waals surface area contributed by atoms with E-state index in [9.17, 15) is 13.2 Å². The SMILES string of the molecule is C=C/C(=C(/N=C\C)C(\C)=C/C)S(=O)(=O)Nc1ccc(C(=O)N2CCN(CC(CC)COC)CC2)c(OC)c1. The van der Waals surface area contributed by atoms with Crippen molar-refractivity contribution in [1.29, 1.82) is 0 Å². The molecule has 1 unspecified atom stereocenters. The van der Waals surface area contributed by atoms with E-state index in [1.54, 1.807) is 39.2 Å². The lowest BCUT2D eigenvalue weighted by Gasteiger charge is -2.36. The van der Waals surface area contributed by atoms with Gasteiger partial charge in [0.05, 0.1) is 30.7 Å². The fourth-order valence-electron chi connectivity index (χ4n) is 4.31. The van der Waals surface area contributed by atoms with Crippen molar-refractivity contribution < 1.29 is 22.7 Å². The van der Waals surface area contributed by atoms with Gasteiger partial charge < -0.3 is 14.4 Å². The lowest BCUT2D eigenvalue weighted by molar-refractivity contribution is 0.0567. The lowest BCUT2D eigenvalue weighted by atomic mass is 10.1. The predicted octanol–water partition coefficient (Wildman–Crippen LogP) is 4.32. The van der Waals surface area contributed by atoms with E-state index in [-0.39, 0.29) is 16.5 Å². The minimum Gasteiger partial charge on any atom is -0.496 e. The number of aliphatic imine (C=N–C) groups is 1. The van der Waals surface area contributed by atoms with Crippen LogP contribution in [0.3, 0.4) is 0 Å². The third-order valence-electron chi connectivity index (χ3n) is 6.61. The number of ether oxygens (including phenoxy) is 2. The van der Waals surface area contributed by atoms with Crippen molar-refractivity contribution in [3.63, 3.8) is 0 Å². The largest absolute Gasteiger partial charge is 0.496 e.